The van der Waals surface area contributed by atoms with E-state index >= 15 is 0 Å². The molecule has 0 bridgehead atoms. The fraction of sp³-hybridized carbons (Fsp3) is 0.368. The smallest absolute Gasteiger partial charge is 0.246 e. The van der Waals surface area contributed by atoms with Gasteiger partial charge in [0.15, 0.2) is 0 Å². The van der Waals surface area contributed by atoms with Gasteiger partial charge in [-0.25, -0.2) is 12.8 Å². The molecule has 0 spiro atoms. The number of hydrogen-bond acceptors (Lipinski definition) is 3. The number of nitrogens with zero attached hydrogens (tertiary/aromatic N) is 1. The van der Waals surface area contributed by atoms with Crippen molar-refractivity contribution in [1.29, 1.82) is 0 Å². The Kier molecular flexibility index (Phi) is 5.39. The summed E-state index contributed by atoms with van der Waals surface area (Å²) >= 11 is 0. The zero-order valence-electron chi connectivity index (χ0n) is 14.2. The van der Waals surface area contributed by atoms with Crippen molar-refractivity contribution in [2.75, 3.05) is 20.2 Å². The van der Waals surface area contributed by atoms with Crippen LogP contribution < -0.4 is 4.74 Å². The second kappa shape index (κ2) is 7.54. The van der Waals surface area contributed by atoms with Crippen molar-refractivity contribution in [3.8, 4) is 5.75 Å². The van der Waals surface area contributed by atoms with Crippen molar-refractivity contribution in [2.24, 2.45) is 0 Å². The van der Waals surface area contributed by atoms with Gasteiger partial charge in [0.05, 0.1) is 7.11 Å². The first kappa shape index (κ1) is 17.9. The number of sulfonamides is 1. The quantitative estimate of drug-likeness (QED) is 0.830. The summed E-state index contributed by atoms with van der Waals surface area (Å²) in [4.78, 5) is 0.192. The summed E-state index contributed by atoms with van der Waals surface area (Å²) in [6.45, 7) is 0.879. The summed E-state index contributed by atoms with van der Waals surface area (Å²) < 4.78 is 46.2. The van der Waals surface area contributed by atoms with Crippen LogP contribution in [0.5, 0.6) is 5.75 Å². The lowest BCUT2D eigenvalue weighted by molar-refractivity contribution is 0.386. The summed E-state index contributed by atoms with van der Waals surface area (Å²) in [6.07, 6.45) is 2.65. The van der Waals surface area contributed by atoms with Gasteiger partial charge in [-0.05, 0) is 48.6 Å². The van der Waals surface area contributed by atoms with Gasteiger partial charge >= 0.3 is 0 Å². The van der Waals surface area contributed by atoms with Crippen LogP contribution in [0.3, 0.4) is 0 Å². The number of methoxy groups -OCH3 is 1. The van der Waals surface area contributed by atoms with Gasteiger partial charge in [0.2, 0.25) is 10.0 Å². The topological polar surface area (TPSA) is 46.6 Å². The van der Waals surface area contributed by atoms with E-state index in [-0.39, 0.29) is 16.6 Å². The van der Waals surface area contributed by atoms with Crippen LogP contribution in [0.1, 0.15) is 30.7 Å². The molecule has 1 atom stereocenters. The van der Waals surface area contributed by atoms with Gasteiger partial charge in [-0.1, -0.05) is 30.7 Å². The number of para-hydroxylation sites is 1. The van der Waals surface area contributed by atoms with Crippen molar-refractivity contribution < 1.29 is 17.5 Å². The fourth-order valence-corrected chi connectivity index (χ4v) is 4.98. The van der Waals surface area contributed by atoms with Crippen LogP contribution in [0.15, 0.2) is 53.4 Å². The Balaban J connectivity index is 1.91. The molecule has 1 saturated heterocycles. The Bertz CT molecular complexity index is 821. The Morgan fingerprint density at radius 3 is 2.52 bits per heavy atom. The average molecular weight is 363 g/mol. The minimum Gasteiger partial charge on any atom is -0.495 e. The van der Waals surface area contributed by atoms with E-state index in [0.29, 0.717) is 18.8 Å². The molecule has 0 radical (unpaired) electrons. The van der Waals surface area contributed by atoms with Gasteiger partial charge in [0.25, 0.3) is 0 Å². The highest BCUT2D eigenvalue weighted by atomic mass is 32.2. The van der Waals surface area contributed by atoms with E-state index in [1.165, 1.54) is 23.5 Å². The van der Waals surface area contributed by atoms with Gasteiger partial charge in [-0.15, -0.1) is 0 Å². The summed E-state index contributed by atoms with van der Waals surface area (Å²) in [6, 6.07) is 13.0. The molecule has 1 aliphatic rings. The van der Waals surface area contributed by atoms with E-state index < -0.39 is 10.0 Å². The maximum Gasteiger partial charge on any atom is 0.246 e. The van der Waals surface area contributed by atoms with Gasteiger partial charge in [-0.2, -0.15) is 4.31 Å². The van der Waals surface area contributed by atoms with Gasteiger partial charge < -0.3 is 4.74 Å². The SMILES string of the molecule is COc1ccccc1S(=O)(=O)N1CCCCC(c2ccc(F)cc2)C1. The fourth-order valence-electron chi connectivity index (χ4n) is 3.30. The van der Waals surface area contributed by atoms with E-state index in [4.69, 9.17) is 4.74 Å². The lowest BCUT2D eigenvalue weighted by Gasteiger charge is -2.25. The molecular weight excluding hydrogens is 341 g/mol. The highest BCUT2D eigenvalue weighted by Crippen LogP contribution is 2.32. The normalized spacial score (nSPS) is 19.4. The van der Waals surface area contributed by atoms with Crippen LogP contribution in [0, 0.1) is 5.82 Å². The van der Waals surface area contributed by atoms with Crippen LogP contribution in [0.4, 0.5) is 4.39 Å². The van der Waals surface area contributed by atoms with E-state index in [2.05, 4.69) is 0 Å². The maximum absolute atomic E-state index is 13.2. The molecule has 1 unspecified atom stereocenters. The van der Waals surface area contributed by atoms with Crippen molar-refractivity contribution in [2.45, 2.75) is 30.1 Å². The minimum absolute atomic E-state index is 0.0626. The maximum atomic E-state index is 13.2. The third-order valence-electron chi connectivity index (χ3n) is 4.66. The highest BCUT2D eigenvalue weighted by molar-refractivity contribution is 7.89. The highest BCUT2D eigenvalue weighted by Gasteiger charge is 2.31. The molecule has 3 rings (SSSR count). The summed E-state index contributed by atoms with van der Waals surface area (Å²) in [5, 5.41) is 0. The molecule has 4 nitrogen and oxygen atoms in total. The molecule has 1 heterocycles. The standard InChI is InChI=1S/C19H22FNO3S/c1-24-18-7-2-3-8-19(18)25(22,23)21-13-5-4-6-16(14-21)15-9-11-17(20)12-10-15/h2-3,7-12,16H,4-6,13-14H2,1H3. The van der Waals surface area contributed by atoms with Crippen LogP contribution >= 0.6 is 0 Å². The first-order valence-electron chi connectivity index (χ1n) is 8.41. The molecule has 1 fully saturated rings. The van der Waals surface area contributed by atoms with E-state index in [1.807, 2.05) is 0 Å². The van der Waals surface area contributed by atoms with Crippen molar-refractivity contribution in [3.63, 3.8) is 0 Å². The van der Waals surface area contributed by atoms with Crippen LogP contribution in [0.25, 0.3) is 0 Å². The first-order valence-corrected chi connectivity index (χ1v) is 9.85. The van der Waals surface area contributed by atoms with Gasteiger partial charge in [0, 0.05) is 13.1 Å². The molecule has 0 N–H and O–H groups in total. The van der Waals surface area contributed by atoms with E-state index in [1.54, 1.807) is 36.4 Å². The molecule has 2 aromatic carbocycles. The Morgan fingerprint density at radius 1 is 1.08 bits per heavy atom. The molecule has 0 saturated carbocycles. The monoisotopic (exact) mass is 363 g/mol. The Hall–Kier alpha value is -1.92. The molecule has 0 amide bonds. The lowest BCUT2D eigenvalue weighted by atomic mass is 9.95. The predicted molar refractivity (Wildman–Crippen MR) is 94.7 cm³/mol. The molecule has 0 aromatic heterocycles. The van der Waals surface area contributed by atoms with Crippen LogP contribution in [-0.2, 0) is 10.0 Å². The van der Waals surface area contributed by atoms with Crippen LogP contribution in [-0.4, -0.2) is 32.9 Å². The second-order valence-electron chi connectivity index (χ2n) is 6.26. The van der Waals surface area contributed by atoms with Crippen molar-refractivity contribution in [1.82, 2.24) is 4.31 Å². The summed E-state index contributed by atoms with van der Waals surface area (Å²) in [5.74, 6) is 0.133. The minimum atomic E-state index is -3.64. The Labute approximate surface area is 148 Å². The number of rotatable bonds is 4. The zero-order chi connectivity index (χ0) is 17.9. The molecule has 2 aromatic rings. The van der Waals surface area contributed by atoms with Crippen LogP contribution in [0.2, 0.25) is 0 Å². The van der Waals surface area contributed by atoms with Crippen molar-refractivity contribution >= 4 is 10.0 Å². The van der Waals surface area contributed by atoms with E-state index in [0.717, 1.165) is 24.8 Å². The van der Waals surface area contributed by atoms with Gasteiger partial charge in [0.1, 0.15) is 16.5 Å². The number of ether oxygens (including phenoxy) is 1. The first-order chi connectivity index (χ1) is 12.0. The largest absolute Gasteiger partial charge is 0.495 e. The van der Waals surface area contributed by atoms with Crippen molar-refractivity contribution in [3.05, 3.63) is 59.9 Å². The zero-order valence-corrected chi connectivity index (χ0v) is 15.0. The summed E-state index contributed by atoms with van der Waals surface area (Å²) in [7, 11) is -2.17. The number of benzene rings is 2. The molecule has 6 heteroatoms. The molecule has 134 valence electrons. The van der Waals surface area contributed by atoms with E-state index in [9.17, 15) is 12.8 Å². The summed E-state index contributed by atoms with van der Waals surface area (Å²) in [5.41, 5.74) is 0.975. The molecule has 1 aliphatic heterocycles. The lowest BCUT2D eigenvalue weighted by Crippen LogP contribution is -2.34. The third-order valence-corrected chi connectivity index (χ3v) is 6.57. The van der Waals surface area contributed by atoms with Gasteiger partial charge in [-0.3, -0.25) is 0 Å². The number of halogens is 1. The molecular formula is C19H22FNO3S. The average Bonchev–Trinajstić information content (AvgIpc) is 2.89. The number of hydrogen-bond donors (Lipinski definition) is 0. The Morgan fingerprint density at radius 2 is 1.80 bits per heavy atom. The second-order valence-corrected chi connectivity index (χ2v) is 8.16. The molecule has 0 aliphatic carbocycles. The molecule has 25 heavy (non-hydrogen) atoms. The third kappa shape index (κ3) is 3.85. The predicted octanol–water partition coefficient (Wildman–Crippen LogP) is 3.79.